The van der Waals surface area contributed by atoms with E-state index in [9.17, 15) is 4.39 Å². The zero-order chi connectivity index (χ0) is 16.1. The highest BCUT2D eigenvalue weighted by molar-refractivity contribution is 5.49. The van der Waals surface area contributed by atoms with E-state index in [2.05, 4.69) is 17.3 Å². The van der Waals surface area contributed by atoms with Crippen molar-refractivity contribution in [1.82, 2.24) is 15.1 Å². The Bertz CT molecular complexity index is 611. The van der Waals surface area contributed by atoms with Gasteiger partial charge in [0.05, 0.1) is 25.4 Å². The summed E-state index contributed by atoms with van der Waals surface area (Å²) in [5.41, 5.74) is 1.62. The van der Waals surface area contributed by atoms with Crippen molar-refractivity contribution in [2.75, 3.05) is 31.2 Å². The fourth-order valence-corrected chi connectivity index (χ4v) is 2.77. The minimum Gasteiger partial charge on any atom is -0.378 e. The second-order valence-electron chi connectivity index (χ2n) is 5.90. The van der Waals surface area contributed by atoms with Crippen molar-refractivity contribution in [3.8, 4) is 0 Å². The van der Waals surface area contributed by atoms with E-state index in [1.54, 1.807) is 12.3 Å². The first-order valence-corrected chi connectivity index (χ1v) is 8.04. The Hall–Kier alpha value is -1.92. The van der Waals surface area contributed by atoms with Gasteiger partial charge in [-0.05, 0) is 30.7 Å². The predicted molar refractivity (Wildman–Crippen MR) is 88.0 cm³/mol. The molecule has 5 nitrogen and oxygen atoms in total. The van der Waals surface area contributed by atoms with Gasteiger partial charge in [0.1, 0.15) is 5.82 Å². The number of aromatic nitrogens is 2. The molecule has 0 saturated carbocycles. The van der Waals surface area contributed by atoms with Gasteiger partial charge >= 0.3 is 0 Å². The van der Waals surface area contributed by atoms with Gasteiger partial charge in [0, 0.05) is 38.1 Å². The van der Waals surface area contributed by atoms with Crippen molar-refractivity contribution in [3.63, 3.8) is 0 Å². The van der Waals surface area contributed by atoms with Gasteiger partial charge in [-0.25, -0.2) is 4.39 Å². The Morgan fingerprint density at radius 1 is 1.35 bits per heavy atom. The highest BCUT2D eigenvalue weighted by Crippen LogP contribution is 2.21. The van der Waals surface area contributed by atoms with Crippen LogP contribution in [0.5, 0.6) is 0 Å². The molecule has 2 heterocycles. The molecule has 0 unspecified atom stereocenters. The Balaban J connectivity index is 1.55. The van der Waals surface area contributed by atoms with Crippen LogP contribution >= 0.6 is 0 Å². The molecule has 1 fully saturated rings. The van der Waals surface area contributed by atoms with Crippen molar-refractivity contribution >= 4 is 5.69 Å². The molecule has 2 aromatic rings. The smallest absolute Gasteiger partial charge is 0.146 e. The lowest BCUT2D eigenvalue weighted by Gasteiger charge is -2.29. The number of hydrogen-bond acceptors (Lipinski definition) is 4. The lowest BCUT2D eigenvalue weighted by atomic mass is 10.1. The molecule has 0 amide bonds. The van der Waals surface area contributed by atoms with Crippen molar-refractivity contribution < 1.29 is 9.13 Å². The maximum Gasteiger partial charge on any atom is 0.146 e. The molecular weight excluding hydrogens is 295 g/mol. The van der Waals surface area contributed by atoms with Gasteiger partial charge in [0.25, 0.3) is 0 Å². The Kier molecular flexibility index (Phi) is 5.25. The molecule has 124 valence electrons. The molecule has 3 rings (SSSR count). The second-order valence-corrected chi connectivity index (χ2v) is 5.90. The molecule has 1 aliphatic heterocycles. The lowest BCUT2D eigenvalue weighted by Crippen LogP contribution is -2.36. The van der Waals surface area contributed by atoms with E-state index in [1.165, 1.54) is 0 Å². The van der Waals surface area contributed by atoms with Crippen LogP contribution in [0.3, 0.4) is 0 Å². The summed E-state index contributed by atoms with van der Waals surface area (Å²) in [7, 11) is 0. The van der Waals surface area contributed by atoms with Gasteiger partial charge in [0.2, 0.25) is 0 Å². The van der Waals surface area contributed by atoms with Gasteiger partial charge in [-0.1, -0.05) is 6.07 Å². The fraction of sp³-hybridized carbons (Fsp3) is 0.471. The largest absolute Gasteiger partial charge is 0.378 e. The minimum atomic E-state index is -0.161. The SMILES string of the molecule is C[C@@H](Cn1cccn1)NCc1ccc(N2CCOCC2)c(F)c1. The number of halogens is 1. The van der Waals surface area contributed by atoms with Crippen LogP contribution in [0.1, 0.15) is 12.5 Å². The van der Waals surface area contributed by atoms with Crippen LogP contribution in [-0.2, 0) is 17.8 Å². The molecule has 0 bridgehead atoms. The first-order chi connectivity index (χ1) is 11.2. The van der Waals surface area contributed by atoms with Crippen LogP contribution in [0.15, 0.2) is 36.7 Å². The van der Waals surface area contributed by atoms with Gasteiger partial charge in [0.15, 0.2) is 0 Å². The molecule has 1 saturated heterocycles. The van der Waals surface area contributed by atoms with E-state index in [0.717, 1.165) is 25.2 Å². The third-order valence-corrected chi connectivity index (χ3v) is 4.04. The summed E-state index contributed by atoms with van der Waals surface area (Å²) in [5, 5.41) is 7.59. The predicted octanol–water partition coefficient (Wildman–Crippen LogP) is 2.04. The monoisotopic (exact) mass is 318 g/mol. The Labute approximate surface area is 136 Å². The lowest BCUT2D eigenvalue weighted by molar-refractivity contribution is 0.122. The maximum absolute atomic E-state index is 14.3. The van der Waals surface area contributed by atoms with Gasteiger partial charge < -0.3 is 15.0 Å². The summed E-state index contributed by atoms with van der Waals surface area (Å²) >= 11 is 0. The molecule has 23 heavy (non-hydrogen) atoms. The third kappa shape index (κ3) is 4.30. The van der Waals surface area contributed by atoms with E-state index in [1.807, 2.05) is 34.0 Å². The quantitative estimate of drug-likeness (QED) is 0.885. The van der Waals surface area contributed by atoms with Gasteiger partial charge in [-0.15, -0.1) is 0 Å². The van der Waals surface area contributed by atoms with Crippen molar-refractivity contribution in [3.05, 3.63) is 48.0 Å². The van der Waals surface area contributed by atoms with Crippen LogP contribution in [0.2, 0.25) is 0 Å². The number of anilines is 1. The molecule has 0 radical (unpaired) electrons. The second kappa shape index (κ2) is 7.57. The first kappa shape index (κ1) is 16.0. The van der Waals surface area contributed by atoms with Crippen LogP contribution in [0, 0.1) is 5.82 Å². The fourth-order valence-electron chi connectivity index (χ4n) is 2.77. The zero-order valence-corrected chi connectivity index (χ0v) is 13.4. The van der Waals surface area contributed by atoms with Crippen molar-refractivity contribution in [2.24, 2.45) is 0 Å². The highest BCUT2D eigenvalue weighted by atomic mass is 19.1. The minimum absolute atomic E-state index is 0.161. The zero-order valence-electron chi connectivity index (χ0n) is 13.4. The van der Waals surface area contributed by atoms with E-state index in [0.29, 0.717) is 25.4 Å². The van der Waals surface area contributed by atoms with E-state index in [-0.39, 0.29) is 11.9 Å². The molecule has 1 aliphatic rings. The number of ether oxygens (including phenoxy) is 1. The number of morpholine rings is 1. The standard InChI is InChI=1S/C17H23FN4O/c1-14(13-22-6-2-5-20-22)19-12-15-3-4-17(16(18)11-15)21-7-9-23-10-8-21/h2-6,11,14,19H,7-10,12-13H2,1H3/t14-/m0/s1. The van der Waals surface area contributed by atoms with Crippen LogP contribution in [0.25, 0.3) is 0 Å². The van der Waals surface area contributed by atoms with Gasteiger partial charge in [-0.2, -0.15) is 5.10 Å². The molecular formula is C17H23FN4O. The number of rotatable bonds is 6. The number of hydrogen-bond donors (Lipinski definition) is 1. The van der Waals surface area contributed by atoms with Gasteiger partial charge in [-0.3, -0.25) is 4.68 Å². The van der Waals surface area contributed by atoms with E-state index < -0.39 is 0 Å². The third-order valence-electron chi connectivity index (χ3n) is 4.04. The average Bonchev–Trinajstić information content (AvgIpc) is 3.07. The number of nitrogens with zero attached hydrogens (tertiary/aromatic N) is 3. The molecule has 6 heteroatoms. The topological polar surface area (TPSA) is 42.3 Å². The normalized spacial score (nSPS) is 16.5. The molecule has 1 aromatic carbocycles. The Morgan fingerprint density at radius 2 is 2.17 bits per heavy atom. The van der Waals surface area contributed by atoms with Crippen LogP contribution in [-0.4, -0.2) is 42.1 Å². The summed E-state index contributed by atoms with van der Waals surface area (Å²) in [4.78, 5) is 2.04. The molecule has 0 aliphatic carbocycles. The summed E-state index contributed by atoms with van der Waals surface area (Å²) < 4.78 is 21.5. The Morgan fingerprint density at radius 3 is 2.87 bits per heavy atom. The van der Waals surface area contributed by atoms with Crippen LogP contribution < -0.4 is 10.2 Å². The number of nitrogens with one attached hydrogen (secondary N) is 1. The summed E-state index contributed by atoms with van der Waals surface area (Å²) in [5.74, 6) is -0.161. The number of benzene rings is 1. The van der Waals surface area contributed by atoms with Crippen LogP contribution in [0.4, 0.5) is 10.1 Å². The maximum atomic E-state index is 14.3. The molecule has 0 spiro atoms. The molecule has 1 atom stereocenters. The molecule has 1 N–H and O–H groups in total. The summed E-state index contributed by atoms with van der Waals surface area (Å²) in [6.07, 6.45) is 3.71. The summed E-state index contributed by atoms with van der Waals surface area (Å²) in [6.45, 7) is 6.34. The molecule has 1 aromatic heterocycles. The van der Waals surface area contributed by atoms with E-state index >= 15 is 0 Å². The highest BCUT2D eigenvalue weighted by Gasteiger charge is 2.15. The summed E-state index contributed by atoms with van der Waals surface area (Å²) in [6, 6.07) is 7.65. The average molecular weight is 318 g/mol. The first-order valence-electron chi connectivity index (χ1n) is 8.04. The van der Waals surface area contributed by atoms with Crippen molar-refractivity contribution in [1.29, 1.82) is 0 Å². The van der Waals surface area contributed by atoms with E-state index in [4.69, 9.17) is 4.74 Å². The van der Waals surface area contributed by atoms with Crippen molar-refractivity contribution in [2.45, 2.75) is 26.1 Å².